The van der Waals surface area contributed by atoms with Crippen LogP contribution in [0.1, 0.15) is 17.9 Å². The summed E-state index contributed by atoms with van der Waals surface area (Å²) >= 11 is 0. The van der Waals surface area contributed by atoms with Gasteiger partial charge < -0.3 is 16.2 Å². The van der Waals surface area contributed by atoms with Gasteiger partial charge in [0.1, 0.15) is 5.75 Å². The van der Waals surface area contributed by atoms with Crippen molar-refractivity contribution in [1.82, 2.24) is 0 Å². The normalized spacial score (nSPS) is 29.4. The number of amides is 1. The quantitative estimate of drug-likeness (QED) is 0.499. The maximum absolute atomic E-state index is 12.4. The monoisotopic (exact) mass is 285 g/mol. The highest BCUT2D eigenvalue weighted by atomic mass is 16.5. The maximum Gasteiger partial charge on any atom is 0.253 e. The number of allylic oxidation sites excluding steroid dienone is 2. The summed E-state index contributed by atoms with van der Waals surface area (Å²) in [5.41, 5.74) is 11.8. The predicted octanol–water partition coefficient (Wildman–Crippen LogP) is 1.40. The van der Waals surface area contributed by atoms with Crippen LogP contribution in [0.25, 0.3) is 0 Å². The Morgan fingerprint density at radius 3 is 2.76 bits per heavy atom. The van der Waals surface area contributed by atoms with Gasteiger partial charge in [0.25, 0.3) is 5.91 Å². The third kappa shape index (κ3) is 2.39. The van der Waals surface area contributed by atoms with Crippen LogP contribution in [-0.2, 0) is 4.79 Å². The zero-order valence-corrected chi connectivity index (χ0v) is 11.9. The summed E-state index contributed by atoms with van der Waals surface area (Å²) in [6.45, 7) is 0. The van der Waals surface area contributed by atoms with Gasteiger partial charge in [-0.25, -0.2) is 0 Å². The van der Waals surface area contributed by atoms with E-state index in [1.165, 1.54) is 0 Å². The number of hydrogen-bond donors (Lipinski definition) is 2. The highest BCUT2D eigenvalue weighted by Crippen LogP contribution is 2.53. The molecule has 1 fully saturated rings. The molecule has 0 aromatic heterocycles. The number of carbonyl (C=O) groups is 1. The van der Waals surface area contributed by atoms with Crippen molar-refractivity contribution in [3.63, 3.8) is 0 Å². The minimum Gasteiger partial charge on any atom is -0.497 e. The molecule has 21 heavy (non-hydrogen) atoms. The number of guanidine groups is 1. The van der Waals surface area contributed by atoms with Crippen LogP contribution in [0, 0.1) is 17.8 Å². The van der Waals surface area contributed by atoms with E-state index in [1.807, 2.05) is 24.3 Å². The molecule has 2 aliphatic carbocycles. The van der Waals surface area contributed by atoms with Gasteiger partial charge in [0.15, 0.2) is 5.96 Å². The number of fused-ring (bicyclic) bond motifs is 2. The fraction of sp³-hybridized carbons (Fsp3) is 0.375. The summed E-state index contributed by atoms with van der Waals surface area (Å²) in [6.07, 6.45) is 5.30. The first-order valence-corrected chi connectivity index (χ1v) is 7.06. The topological polar surface area (TPSA) is 90.7 Å². The zero-order chi connectivity index (χ0) is 15.0. The second-order valence-corrected chi connectivity index (χ2v) is 5.65. The van der Waals surface area contributed by atoms with Gasteiger partial charge in [-0.2, -0.15) is 4.99 Å². The number of rotatable bonds is 3. The van der Waals surface area contributed by atoms with E-state index >= 15 is 0 Å². The summed E-state index contributed by atoms with van der Waals surface area (Å²) < 4.78 is 5.28. The molecule has 1 aromatic carbocycles. The maximum atomic E-state index is 12.4. The number of hydrogen-bond acceptors (Lipinski definition) is 2. The van der Waals surface area contributed by atoms with Gasteiger partial charge in [0.2, 0.25) is 0 Å². The Kier molecular flexibility index (Phi) is 3.41. The van der Waals surface area contributed by atoms with Crippen molar-refractivity contribution >= 4 is 11.9 Å². The average Bonchev–Trinajstić information content (AvgIpc) is 3.07. The van der Waals surface area contributed by atoms with Crippen molar-refractivity contribution in [3.05, 3.63) is 42.0 Å². The molecule has 0 saturated heterocycles. The van der Waals surface area contributed by atoms with Crippen LogP contribution < -0.4 is 16.2 Å². The van der Waals surface area contributed by atoms with Crippen LogP contribution in [-0.4, -0.2) is 19.0 Å². The molecule has 2 unspecified atom stereocenters. The first-order chi connectivity index (χ1) is 10.1. The van der Waals surface area contributed by atoms with E-state index in [-0.39, 0.29) is 29.6 Å². The molecule has 3 rings (SSSR count). The van der Waals surface area contributed by atoms with Crippen molar-refractivity contribution in [2.75, 3.05) is 7.11 Å². The molecule has 5 nitrogen and oxygen atoms in total. The van der Waals surface area contributed by atoms with Crippen molar-refractivity contribution < 1.29 is 9.53 Å². The number of nitrogens with zero attached hydrogens (tertiary/aromatic N) is 1. The molecule has 1 saturated carbocycles. The van der Waals surface area contributed by atoms with E-state index in [0.717, 1.165) is 17.7 Å². The average molecular weight is 285 g/mol. The molecule has 2 bridgehead atoms. The second-order valence-electron chi connectivity index (χ2n) is 5.65. The SMILES string of the molecule is COc1cccc([C@@H]2C3C=CC(C3)[C@H]2C(=O)N=C(N)N)c1. The van der Waals surface area contributed by atoms with Crippen LogP contribution in [0.5, 0.6) is 5.75 Å². The fourth-order valence-electron chi connectivity index (χ4n) is 3.66. The Hall–Kier alpha value is -2.30. The van der Waals surface area contributed by atoms with E-state index in [2.05, 4.69) is 17.1 Å². The number of benzene rings is 1. The summed E-state index contributed by atoms with van der Waals surface area (Å²) in [6, 6.07) is 7.89. The van der Waals surface area contributed by atoms with Gasteiger partial charge in [-0.15, -0.1) is 0 Å². The Labute approximate surface area is 123 Å². The summed E-state index contributed by atoms with van der Waals surface area (Å²) in [5, 5.41) is 0. The first-order valence-electron chi connectivity index (χ1n) is 7.06. The van der Waals surface area contributed by atoms with Crippen molar-refractivity contribution in [2.45, 2.75) is 12.3 Å². The number of methoxy groups -OCH3 is 1. The molecule has 1 amide bonds. The lowest BCUT2D eigenvalue weighted by Gasteiger charge is -2.26. The molecule has 0 radical (unpaired) electrons. The van der Waals surface area contributed by atoms with Crippen LogP contribution in [0.2, 0.25) is 0 Å². The Morgan fingerprint density at radius 2 is 2.05 bits per heavy atom. The number of nitrogens with two attached hydrogens (primary N) is 2. The molecule has 4 atom stereocenters. The van der Waals surface area contributed by atoms with Crippen LogP contribution in [0.3, 0.4) is 0 Å². The van der Waals surface area contributed by atoms with Crippen molar-refractivity contribution in [3.8, 4) is 5.75 Å². The van der Waals surface area contributed by atoms with E-state index in [4.69, 9.17) is 16.2 Å². The number of aliphatic imine (C=N–C) groups is 1. The molecule has 0 heterocycles. The van der Waals surface area contributed by atoms with Crippen LogP contribution in [0.15, 0.2) is 41.4 Å². The highest BCUT2D eigenvalue weighted by molar-refractivity contribution is 5.93. The summed E-state index contributed by atoms with van der Waals surface area (Å²) in [7, 11) is 1.64. The van der Waals surface area contributed by atoms with Gasteiger partial charge in [-0.3, -0.25) is 4.79 Å². The highest BCUT2D eigenvalue weighted by Gasteiger charge is 2.48. The Morgan fingerprint density at radius 1 is 1.29 bits per heavy atom. The molecule has 1 aromatic rings. The lowest BCUT2D eigenvalue weighted by Crippen LogP contribution is -2.30. The smallest absolute Gasteiger partial charge is 0.253 e. The van der Waals surface area contributed by atoms with Gasteiger partial charge in [0.05, 0.1) is 13.0 Å². The Balaban J connectivity index is 1.97. The molecule has 0 spiro atoms. The van der Waals surface area contributed by atoms with Crippen LogP contribution in [0.4, 0.5) is 0 Å². The van der Waals surface area contributed by atoms with Gasteiger partial charge in [-0.1, -0.05) is 24.3 Å². The van der Waals surface area contributed by atoms with Gasteiger partial charge in [0, 0.05) is 5.92 Å². The number of ether oxygens (including phenoxy) is 1. The van der Waals surface area contributed by atoms with Crippen LogP contribution >= 0.6 is 0 Å². The largest absolute Gasteiger partial charge is 0.497 e. The van der Waals surface area contributed by atoms with Crippen molar-refractivity contribution in [2.24, 2.45) is 34.2 Å². The third-order valence-electron chi connectivity index (χ3n) is 4.46. The summed E-state index contributed by atoms with van der Waals surface area (Å²) in [4.78, 5) is 16.1. The van der Waals surface area contributed by atoms with Crippen molar-refractivity contribution in [1.29, 1.82) is 0 Å². The second kappa shape index (κ2) is 5.24. The molecule has 5 heteroatoms. The summed E-state index contributed by atoms with van der Waals surface area (Å²) in [5.74, 6) is 0.926. The standard InChI is InChI=1S/C16H19N3O2/c1-21-12-4-2-3-9(8-12)13-10-5-6-11(7-10)14(13)15(20)19-16(17)18/h2-6,8,10-11,13-14H,7H2,1H3,(H4,17,18,19,20)/t10?,11?,13-,14-/m1/s1. The van der Waals surface area contributed by atoms with E-state index in [9.17, 15) is 4.79 Å². The minimum atomic E-state index is -0.223. The molecule has 4 N–H and O–H groups in total. The fourth-order valence-corrected chi connectivity index (χ4v) is 3.66. The zero-order valence-electron chi connectivity index (χ0n) is 11.9. The lowest BCUT2D eigenvalue weighted by atomic mass is 9.78. The first kappa shape index (κ1) is 13.7. The van der Waals surface area contributed by atoms with Gasteiger partial charge in [-0.05, 0) is 36.0 Å². The number of carbonyl (C=O) groups excluding carboxylic acids is 1. The third-order valence-corrected chi connectivity index (χ3v) is 4.46. The Bertz CT molecular complexity index is 620. The lowest BCUT2D eigenvalue weighted by molar-refractivity contribution is -0.122. The molecule has 110 valence electrons. The molecule has 2 aliphatic rings. The van der Waals surface area contributed by atoms with E-state index in [1.54, 1.807) is 7.11 Å². The van der Waals surface area contributed by atoms with E-state index in [0.29, 0.717) is 5.92 Å². The molecular formula is C16H19N3O2. The molecule has 0 aliphatic heterocycles. The van der Waals surface area contributed by atoms with Gasteiger partial charge >= 0.3 is 0 Å². The molecular weight excluding hydrogens is 266 g/mol. The van der Waals surface area contributed by atoms with E-state index < -0.39 is 0 Å². The minimum absolute atomic E-state index is 0.116. The predicted molar refractivity (Wildman–Crippen MR) is 80.8 cm³/mol.